The van der Waals surface area contributed by atoms with Crippen LogP contribution >= 0.6 is 0 Å². The Hall–Kier alpha value is -0.877. The van der Waals surface area contributed by atoms with Gasteiger partial charge in [0.1, 0.15) is 0 Å². The molecule has 0 aliphatic heterocycles. The second-order valence-electron chi connectivity index (χ2n) is 11.2. The molecule has 0 N–H and O–H groups in total. The Kier molecular flexibility index (Phi) is 10.3. The molecule has 0 saturated heterocycles. The van der Waals surface area contributed by atoms with E-state index in [9.17, 15) is 0 Å². The van der Waals surface area contributed by atoms with Crippen molar-refractivity contribution in [2.24, 2.45) is 0 Å². The van der Waals surface area contributed by atoms with E-state index in [1.807, 2.05) is 0 Å². The van der Waals surface area contributed by atoms with Gasteiger partial charge in [-0.1, -0.05) is 106 Å². The molecule has 0 unspecified atom stereocenters. The maximum absolute atomic E-state index is 2.43. The van der Waals surface area contributed by atoms with Crippen LogP contribution in [0.25, 0.3) is 27.1 Å². The summed E-state index contributed by atoms with van der Waals surface area (Å²) in [7, 11) is 0. The maximum atomic E-state index is 2.43. The van der Waals surface area contributed by atoms with Gasteiger partial charge in [-0.25, -0.2) is 0 Å². The minimum absolute atomic E-state index is 0. The zero-order valence-electron chi connectivity index (χ0n) is 21.6. The molecule has 0 radical (unpaired) electrons. The van der Waals surface area contributed by atoms with E-state index in [1.165, 1.54) is 52.6 Å². The van der Waals surface area contributed by atoms with Gasteiger partial charge >= 0.3 is 41.3 Å². The van der Waals surface area contributed by atoms with Crippen LogP contribution in [0.4, 0.5) is 0 Å². The summed E-state index contributed by atoms with van der Waals surface area (Å²) in [6.07, 6.45) is 5.63. The third-order valence-electron chi connectivity index (χ3n) is 6.03. The van der Waals surface area contributed by atoms with Crippen molar-refractivity contribution in [2.75, 3.05) is 0 Å². The summed E-state index contributed by atoms with van der Waals surface area (Å²) < 4.78 is 1.51. The van der Waals surface area contributed by atoms with Crippen molar-refractivity contribution in [1.82, 2.24) is 0 Å². The summed E-state index contributed by atoms with van der Waals surface area (Å²) in [5.41, 5.74) is 7.53. The number of allylic oxidation sites excluding steroid dienone is 4. The van der Waals surface area contributed by atoms with E-state index in [4.69, 9.17) is 0 Å². The second kappa shape index (κ2) is 11.2. The molecular formula is C30H37Cl2Zr-. The van der Waals surface area contributed by atoms with Crippen molar-refractivity contribution in [2.45, 2.75) is 79.6 Å². The average Bonchev–Trinajstić information content (AvgIpc) is 3.21. The van der Waals surface area contributed by atoms with Gasteiger partial charge in [0.15, 0.2) is 0 Å². The van der Waals surface area contributed by atoms with Gasteiger partial charge in [0, 0.05) is 0 Å². The predicted molar refractivity (Wildman–Crippen MR) is 137 cm³/mol. The molecule has 0 spiro atoms. The Balaban J connectivity index is 0.000000842. The van der Waals surface area contributed by atoms with Gasteiger partial charge in [0.05, 0.1) is 0 Å². The molecule has 0 saturated carbocycles. The van der Waals surface area contributed by atoms with Crippen molar-refractivity contribution in [1.29, 1.82) is 0 Å². The zero-order valence-corrected chi connectivity index (χ0v) is 25.6. The van der Waals surface area contributed by atoms with Gasteiger partial charge in [-0.15, -0.1) is 33.7 Å². The minimum atomic E-state index is 0. The van der Waals surface area contributed by atoms with Gasteiger partial charge in [0.25, 0.3) is 0 Å². The van der Waals surface area contributed by atoms with Crippen LogP contribution < -0.4 is 24.8 Å². The number of benzene rings is 2. The van der Waals surface area contributed by atoms with E-state index < -0.39 is 0 Å². The molecule has 4 rings (SSSR count). The first-order valence-corrected chi connectivity index (χ1v) is 12.6. The molecule has 0 bridgehead atoms. The summed E-state index contributed by atoms with van der Waals surface area (Å²) in [5, 5.41) is 5.56. The molecule has 0 atom stereocenters. The number of hydrogen-bond acceptors (Lipinski definition) is 0. The van der Waals surface area contributed by atoms with Crippen LogP contribution in [0.3, 0.4) is 0 Å². The Morgan fingerprint density at radius 2 is 1.45 bits per heavy atom. The van der Waals surface area contributed by atoms with E-state index in [0.717, 1.165) is 6.42 Å². The molecule has 3 aromatic rings. The molecular weight excluding hydrogens is 522 g/mol. The number of rotatable bonds is 1. The molecule has 1 aliphatic rings. The Morgan fingerprint density at radius 3 is 1.94 bits per heavy atom. The smallest absolute Gasteiger partial charge is 1.00 e. The van der Waals surface area contributed by atoms with E-state index in [2.05, 4.69) is 111 Å². The largest absolute Gasteiger partial charge is 1.00 e. The fourth-order valence-electron chi connectivity index (χ4n) is 4.42. The van der Waals surface area contributed by atoms with E-state index in [-0.39, 0.29) is 35.6 Å². The summed E-state index contributed by atoms with van der Waals surface area (Å²) in [6.45, 7) is 20.4. The first-order valence-electron chi connectivity index (χ1n) is 11.4. The van der Waals surface area contributed by atoms with Gasteiger partial charge < -0.3 is 24.8 Å². The van der Waals surface area contributed by atoms with Crippen LogP contribution in [0.1, 0.15) is 85.4 Å². The number of halogens is 2. The second-order valence-corrected chi connectivity index (χ2v) is 13.6. The molecule has 1 aliphatic carbocycles. The Labute approximate surface area is 228 Å². The van der Waals surface area contributed by atoms with Gasteiger partial charge in [-0.05, 0) is 24.2 Å². The van der Waals surface area contributed by atoms with E-state index in [1.54, 1.807) is 24.2 Å². The van der Waals surface area contributed by atoms with Gasteiger partial charge in [-0.3, -0.25) is 0 Å². The molecule has 0 heterocycles. The summed E-state index contributed by atoms with van der Waals surface area (Å²) in [6, 6.07) is 14.2. The van der Waals surface area contributed by atoms with Crippen LogP contribution in [0.5, 0.6) is 0 Å². The van der Waals surface area contributed by atoms with Crippen LogP contribution in [-0.2, 0) is 35.1 Å². The Morgan fingerprint density at radius 1 is 0.879 bits per heavy atom. The number of hydrogen-bond donors (Lipinski definition) is 0. The van der Waals surface area contributed by atoms with Gasteiger partial charge in [-0.2, -0.15) is 0 Å². The van der Waals surface area contributed by atoms with E-state index in [0.29, 0.717) is 0 Å². The standard InChI is InChI=1S/C27H31.C3H6.2ClH.Zr/c1-17-9-8-10-20(17)25-23-16-18-15-19(26(2,3)4)11-12-21(18)22(23)13-14-24(25)27(5,6)7;1-3-2;;;/h8-9,11-16H,10H2,1-7H3;1-2H3;2*1H;/q-1;;;;+2/p-2. The molecule has 0 nitrogen and oxygen atoms in total. The normalized spacial score (nSPS) is 13.5. The van der Waals surface area contributed by atoms with Crippen molar-refractivity contribution in [3.63, 3.8) is 0 Å². The van der Waals surface area contributed by atoms with Crippen molar-refractivity contribution in [3.8, 4) is 0 Å². The SMILES string of the molecule is CC1=C(c2c(C(C)(C)C)ccc3c2[cH-]c2cc(C(C)(C)C)ccc23)CC=C1.C[C](C)=[Zr+2].[Cl-].[Cl-]. The molecule has 176 valence electrons. The molecule has 0 fully saturated rings. The maximum Gasteiger partial charge on any atom is -1.00 e. The summed E-state index contributed by atoms with van der Waals surface area (Å²) in [4.78, 5) is 0. The minimum Gasteiger partial charge on any atom is -1.00 e. The van der Waals surface area contributed by atoms with Crippen LogP contribution in [-0.4, -0.2) is 3.21 Å². The van der Waals surface area contributed by atoms with E-state index >= 15 is 0 Å². The molecule has 3 aromatic carbocycles. The first kappa shape index (κ1) is 30.2. The van der Waals surface area contributed by atoms with Gasteiger partial charge in [0.2, 0.25) is 0 Å². The fraction of sp³-hybridized carbons (Fsp3) is 0.400. The quantitative estimate of drug-likeness (QED) is 0.403. The Bertz CT molecular complexity index is 1200. The molecule has 0 aromatic heterocycles. The van der Waals surface area contributed by atoms with Crippen molar-refractivity contribution < 1.29 is 49.0 Å². The summed E-state index contributed by atoms with van der Waals surface area (Å²) >= 11 is 1.55. The monoisotopic (exact) mass is 557 g/mol. The van der Waals surface area contributed by atoms with Crippen molar-refractivity contribution in [3.05, 3.63) is 70.8 Å². The average molecular weight is 560 g/mol. The van der Waals surface area contributed by atoms with Crippen LogP contribution in [0.15, 0.2) is 54.1 Å². The van der Waals surface area contributed by atoms with Crippen LogP contribution in [0, 0.1) is 0 Å². The predicted octanol–water partition coefficient (Wildman–Crippen LogP) is 2.79. The summed E-state index contributed by atoms with van der Waals surface area (Å²) in [5.74, 6) is 0. The fourth-order valence-corrected chi connectivity index (χ4v) is 4.42. The van der Waals surface area contributed by atoms with Crippen LogP contribution in [0.2, 0.25) is 0 Å². The third kappa shape index (κ3) is 6.62. The zero-order chi connectivity index (χ0) is 23.1. The molecule has 0 amide bonds. The first-order chi connectivity index (χ1) is 14.3. The topological polar surface area (TPSA) is 0 Å². The molecule has 3 heteroatoms. The third-order valence-corrected chi connectivity index (χ3v) is 6.03. The number of fused-ring (bicyclic) bond motifs is 3. The molecule has 33 heavy (non-hydrogen) atoms. The van der Waals surface area contributed by atoms with Crippen molar-refractivity contribution >= 4 is 30.3 Å².